The average Bonchev–Trinajstić information content (AvgIpc) is 3.19. The van der Waals surface area contributed by atoms with Gasteiger partial charge in [-0.15, -0.1) is 0 Å². The summed E-state index contributed by atoms with van der Waals surface area (Å²) in [5, 5.41) is 0.693. The van der Waals surface area contributed by atoms with Crippen LogP contribution in [0, 0.1) is 6.92 Å². The molecule has 4 rings (SSSR count). The zero-order valence-corrected chi connectivity index (χ0v) is 18.0. The molecule has 1 amide bonds. The Kier molecular flexibility index (Phi) is 6.10. The quantitative estimate of drug-likeness (QED) is 0.383. The highest BCUT2D eigenvalue weighted by Gasteiger charge is 2.21. The van der Waals surface area contributed by atoms with Crippen molar-refractivity contribution >= 4 is 32.6 Å². The van der Waals surface area contributed by atoms with Gasteiger partial charge in [0, 0.05) is 0 Å². The fraction of sp³-hybridized carbons (Fsp3) is 0.200. The summed E-state index contributed by atoms with van der Waals surface area (Å²) in [5.41, 5.74) is 4.06. The predicted molar refractivity (Wildman–Crippen MR) is 123 cm³/mol. The number of ether oxygens (including phenoxy) is 1. The first-order valence-electron chi connectivity index (χ1n) is 10.1. The molecule has 0 radical (unpaired) electrons. The number of aryl methyl sites for hydroxylation is 1. The molecule has 0 saturated heterocycles. The molecule has 0 fully saturated rings. The minimum absolute atomic E-state index is 0.0275. The second-order valence-corrected chi connectivity index (χ2v) is 8.17. The minimum atomic E-state index is 0.0275. The molecule has 1 heterocycles. The molecule has 1 aromatic heterocycles. The molecule has 0 unspecified atom stereocenters. The molecule has 0 saturated carbocycles. The van der Waals surface area contributed by atoms with Crippen molar-refractivity contribution in [2.75, 3.05) is 11.5 Å². The van der Waals surface area contributed by atoms with Crippen molar-refractivity contribution in [2.45, 2.75) is 26.8 Å². The zero-order chi connectivity index (χ0) is 20.9. The van der Waals surface area contributed by atoms with Gasteiger partial charge in [-0.1, -0.05) is 77.6 Å². The third-order valence-electron chi connectivity index (χ3n) is 4.86. The van der Waals surface area contributed by atoms with Crippen LogP contribution in [0.15, 0.2) is 72.8 Å². The van der Waals surface area contributed by atoms with Crippen LogP contribution in [0.2, 0.25) is 0 Å². The van der Waals surface area contributed by atoms with E-state index in [9.17, 15) is 4.79 Å². The molecule has 0 N–H and O–H groups in total. The Balaban J connectivity index is 1.69. The van der Waals surface area contributed by atoms with Crippen molar-refractivity contribution in [3.8, 4) is 5.75 Å². The fourth-order valence-corrected chi connectivity index (χ4v) is 4.30. The first-order chi connectivity index (χ1) is 14.6. The van der Waals surface area contributed by atoms with Gasteiger partial charge in [0.05, 0.1) is 24.3 Å². The van der Waals surface area contributed by atoms with Crippen LogP contribution >= 0.6 is 11.3 Å². The number of benzene rings is 3. The first kappa shape index (κ1) is 20.1. The number of anilines is 1. The maximum Gasteiger partial charge on any atom is 0.233 e. The van der Waals surface area contributed by atoms with Crippen molar-refractivity contribution in [1.82, 2.24) is 4.98 Å². The van der Waals surface area contributed by atoms with E-state index >= 15 is 0 Å². The van der Waals surface area contributed by atoms with E-state index in [0.717, 1.165) is 27.1 Å². The van der Waals surface area contributed by atoms with Gasteiger partial charge in [0.2, 0.25) is 5.91 Å². The SMILES string of the molecule is CCOc1cccc2sc(N(Cc3ccccc3)C(=O)Cc3ccc(C)cc3)nc12. The molecule has 152 valence electrons. The van der Waals surface area contributed by atoms with Crippen molar-refractivity contribution in [3.63, 3.8) is 0 Å². The third kappa shape index (κ3) is 4.52. The molecule has 0 bridgehead atoms. The summed E-state index contributed by atoms with van der Waals surface area (Å²) in [7, 11) is 0. The normalized spacial score (nSPS) is 10.9. The summed E-state index contributed by atoms with van der Waals surface area (Å²) in [4.78, 5) is 19.9. The van der Waals surface area contributed by atoms with Crippen LogP contribution in [0.5, 0.6) is 5.75 Å². The number of rotatable bonds is 7. The van der Waals surface area contributed by atoms with Gasteiger partial charge in [-0.25, -0.2) is 4.98 Å². The number of para-hydroxylation sites is 1. The molecule has 0 spiro atoms. The van der Waals surface area contributed by atoms with Crippen molar-refractivity contribution in [3.05, 3.63) is 89.5 Å². The summed E-state index contributed by atoms with van der Waals surface area (Å²) >= 11 is 1.52. The van der Waals surface area contributed by atoms with Gasteiger partial charge in [-0.3, -0.25) is 9.69 Å². The van der Waals surface area contributed by atoms with Crippen LogP contribution in [0.25, 0.3) is 10.2 Å². The molecule has 0 aliphatic rings. The lowest BCUT2D eigenvalue weighted by Gasteiger charge is -2.20. The minimum Gasteiger partial charge on any atom is -0.492 e. The maximum absolute atomic E-state index is 13.4. The molecule has 4 nitrogen and oxygen atoms in total. The Morgan fingerprint density at radius 3 is 2.47 bits per heavy atom. The van der Waals surface area contributed by atoms with Crippen LogP contribution < -0.4 is 9.64 Å². The number of carbonyl (C=O) groups excluding carboxylic acids is 1. The fourth-order valence-electron chi connectivity index (χ4n) is 3.30. The molecule has 4 aromatic rings. The molecule has 30 heavy (non-hydrogen) atoms. The molecular weight excluding hydrogens is 392 g/mol. The van der Waals surface area contributed by atoms with Crippen LogP contribution in [0.3, 0.4) is 0 Å². The number of hydrogen-bond donors (Lipinski definition) is 0. The lowest BCUT2D eigenvalue weighted by atomic mass is 10.1. The summed E-state index contributed by atoms with van der Waals surface area (Å²) in [6.45, 7) is 5.06. The van der Waals surface area contributed by atoms with Crippen molar-refractivity contribution in [2.24, 2.45) is 0 Å². The van der Waals surface area contributed by atoms with E-state index in [1.807, 2.05) is 86.6 Å². The Labute approximate surface area is 180 Å². The lowest BCUT2D eigenvalue weighted by Crippen LogP contribution is -2.31. The predicted octanol–water partition coefficient (Wildman–Crippen LogP) is 5.78. The molecule has 0 aliphatic carbocycles. The van der Waals surface area contributed by atoms with Crippen LogP contribution in [-0.4, -0.2) is 17.5 Å². The van der Waals surface area contributed by atoms with Gasteiger partial charge >= 0.3 is 0 Å². The van der Waals surface area contributed by atoms with Gasteiger partial charge in [-0.2, -0.15) is 0 Å². The van der Waals surface area contributed by atoms with E-state index in [2.05, 4.69) is 0 Å². The van der Waals surface area contributed by atoms with Gasteiger partial charge in [0.1, 0.15) is 11.3 Å². The number of amides is 1. The van der Waals surface area contributed by atoms with Gasteiger partial charge in [-0.05, 0) is 37.1 Å². The number of fused-ring (bicyclic) bond motifs is 1. The number of aromatic nitrogens is 1. The maximum atomic E-state index is 13.4. The number of thiazole rings is 1. The number of hydrogen-bond acceptors (Lipinski definition) is 4. The van der Waals surface area contributed by atoms with Crippen LogP contribution in [0.1, 0.15) is 23.6 Å². The highest BCUT2D eigenvalue weighted by atomic mass is 32.1. The average molecular weight is 417 g/mol. The van der Waals surface area contributed by atoms with E-state index in [1.54, 1.807) is 4.90 Å². The third-order valence-corrected chi connectivity index (χ3v) is 5.91. The lowest BCUT2D eigenvalue weighted by molar-refractivity contribution is -0.118. The first-order valence-corrected chi connectivity index (χ1v) is 10.9. The summed E-state index contributed by atoms with van der Waals surface area (Å²) in [6, 6.07) is 24.0. The van der Waals surface area contributed by atoms with E-state index in [0.29, 0.717) is 24.7 Å². The summed E-state index contributed by atoms with van der Waals surface area (Å²) < 4.78 is 6.75. The van der Waals surface area contributed by atoms with Gasteiger partial charge in [0.25, 0.3) is 0 Å². The smallest absolute Gasteiger partial charge is 0.233 e. The number of nitrogens with zero attached hydrogens (tertiary/aromatic N) is 2. The second kappa shape index (κ2) is 9.09. The second-order valence-electron chi connectivity index (χ2n) is 7.16. The van der Waals surface area contributed by atoms with E-state index < -0.39 is 0 Å². The Hall–Kier alpha value is -3.18. The van der Waals surface area contributed by atoms with E-state index in [-0.39, 0.29) is 5.91 Å². The van der Waals surface area contributed by atoms with E-state index in [4.69, 9.17) is 9.72 Å². The Morgan fingerprint density at radius 2 is 1.73 bits per heavy atom. The number of carbonyl (C=O) groups is 1. The highest BCUT2D eigenvalue weighted by molar-refractivity contribution is 7.22. The zero-order valence-electron chi connectivity index (χ0n) is 17.2. The topological polar surface area (TPSA) is 42.4 Å². The van der Waals surface area contributed by atoms with E-state index in [1.165, 1.54) is 16.9 Å². The highest BCUT2D eigenvalue weighted by Crippen LogP contribution is 2.35. The summed E-state index contributed by atoms with van der Waals surface area (Å²) in [6.07, 6.45) is 0.335. The van der Waals surface area contributed by atoms with Gasteiger partial charge in [0.15, 0.2) is 5.13 Å². The van der Waals surface area contributed by atoms with Gasteiger partial charge < -0.3 is 4.74 Å². The van der Waals surface area contributed by atoms with Crippen molar-refractivity contribution in [1.29, 1.82) is 0 Å². The molecule has 5 heteroatoms. The Morgan fingerprint density at radius 1 is 0.967 bits per heavy atom. The molecule has 0 atom stereocenters. The van der Waals surface area contributed by atoms with Crippen LogP contribution in [0.4, 0.5) is 5.13 Å². The van der Waals surface area contributed by atoms with Crippen LogP contribution in [-0.2, 0) is 17.8 Å². The monoisotopic (exact) mass is 416 g/mol. The van der Waals surface area contributed by atoms with Crippen molar-refractivity contribution < 1.29 is 9.53 Å². The molecule has 3 aromatic carbocycles. The Bertz CT molecular complexity index is 1140. The molecular formula is C25H24N2O2S. The standard InChI is InChI=1S/C25H24N2O2S/c1-3-29-21-10-7-11-22-24(21)26-25(30-22)27(17-20-8-5-4-6-9-20)23(28)16-19-14-12-18(2)13-15-19/h4-15H,3,16-17H2,1-2H3. The largest absolute Gasteiger partial charge is 0.492 e. The summed E-state index contributed by atoms with van der Waals surface area (Å²) in [5.74, 6) is 0.780. The molecule has 0 aliphatic heterocycles.